The van der Waals surface area contributed by atoms with Crippen LogP contribution in [0.4, 0.5) is 11.6 Å². The summed E-state index contributed by atoms with van der Waals surface area (Å²) in [7, 11) is 2.14. The van der Waals surface area contributed by atoms with Crippen molar-refractivity contribution < 1.29 is 0 Å². The second kappa shape index (κ2) is 5.99. The standard InChI is InChI=1S/C16H22N4/c1-19(14-6-3-2-4-7-14)12-5-10-17-16-18-11-13-20(16)15-8-9-15/h2-4,6-7,11,13,15H,5,8-10,12H2,1H3,(H,17,18). The van der Waals surface area contributed by atoms with E-state index in [2.05, 4.69) is 63.3 Å². The Morgan fingerprint density at radius 1 is 1.30 bits per heavy atom. The van der Waals surface area contributed by atoms with Gasteiger partial charge in [0.2, 0.25) is 5.95 Å². The van der Waals surface area contributed by atoms with Crippen molar-refractivity contribution in [1.82, 2.24) is 9.55 Å². The molecule has 1 aromatic carbocycles. The molecular formula is C16H22N4. The highest BCUT2D eigenvalue weighted by molar-refractivity contribution is 5.44. The van der Waals surface area contributed by atoms with Crippen LogP contribution >= 0.6 is 0 Å². The second-order valence-corrected chi connectivity index (χ2v) is 5.43. The average Bonchev–Trinajstić information content (AvgIpc) is 3.23. The second-order valence-electron chi connectivity index (χ2n) is 5.43. The van der Waals surface area contributed by atoms with Crippen LogP contribution in [-0.2, 0) is 0 Å². The molecule has 1 aromatic heterocycles. The Kier molecular flexibility index (Phi) is 3.90. The number of nitrogens with zero attached hydrogens (tertiary/aromatic N) is 3. The molecular weight excluding hydrogens is 248 g/mol. The number of imidazole rings is 1. The first-order valence-corrected chi connectivity index (χ1v) is 7.37. The summed E-state index contributed by atoms with van der Waals surface area (Å²) in [6, 6.07) is 11.2. The van der Waals surface area contributed by atoms with Crippen molar-refractivity contribution in [1.29, 1.82) is 0 Å². The van der Waals surface area contributed by atoms with Gasteiger partial charge in [-0.05, 0) is 31.4 Å². The smallest absolute Gasteiger partial charge is 0.203 e. The van der Waals surface area contributed by atoms with Crippen molar-refractivity contribution in [3.8, 4) is 0 Å². The first kappa shape index (κ1) is 13.0. The van der Waals surface area contributed by atoms with E-state index in [9.17, 15) is 0 Å². The van der Waals surface area contributed by atoms with Crippen LogP contribution in [0.5, 0.6) is 0 Å². The Bertz CT molecular complexity index is 530. The number of para-hydroxylation sites is 1. The van der Waals surface area contributed by atoms with Crippen LogP contribution in [0.25, 0.3) is 0 Å². The molecule has 1 N–H and O–H groups in total. The molecule has 3 rings (SSSR count). The number of benzene rings is 1. The fourth-order valence-corrected chi connectivity index (χ4v) is 2.43. The van der Waals surface area contributed by atoms with E-state index in [-0.39, 0.29) is 0 Å². The predicted molar refractivity (Wildman–Crippen MR) is 83.3 cm³/mol. The van der Waals surface area contributed by atoms with Gasteiger partial charge in [-0.3, -0.25) is 0 Å². The van der Waals surface area contributed by atoms with Crippen molar-refractivity contribution in [3.05, 3.63) is 42.7 Å². The van der Waals surface area contributed by atoms with Gasteiger partial charge < -0.3 is 14.8 Å². The number of aromatic nitrogens is 2. The number of nitrogens with one attached hydrogen (secondary N) is 1. The first-order chi connectivity index (χ1) is 9.84. The molecule has 0 spiro atoms. The van der Waals surface area contributed by atoms with Crippen molar-refractivity contribution in [2.24, 2.45) is 0 Å². The molecule has 4 heteroatoms. The fourth-order valence-electron chi connectivity index (χ4n) is 2.43. The Hall–Kier alpha value is -1.97. The van der Waals surface area contributed by atoms with Crippen LogP contribution in [0, 0.1) is 0 Å². The minimum Gasteiger partial charge on any atom is -0.375 e. The van der Waals surface area contributed by atoms with Gasteiger partial charge in [-0.25, -0.2) is 4.98 Å². The molecule has 1 aliphatic carbocycles. The molecule has 0 atom stereocenters. The lowest BCUT2D eigenvalue weighted by molar-refractivity contribution is 0.734. The molecule has 0 radical (unpaired) electrons. The summed E-state index contributed by atoms with van der Waals surface area (Å²) in [5, 5.41) is 3.45. The molecule has 0 saturated heterocycles. The molecule has 0 aliphatic heterocycles. The maximum Gasteiger partial charge on any atom is 0.203 e. The summed E-state index contributed by atoms with van der Waals surface area (Å²) in [4.78, 5) is 6.68. The Labute approximate surface area is 120 Å². The maximum absolute atomic E-state index is 4.39. The Morgan fingerprint density at radius 3 is 2.85 bits per heavy atom. The molecule has 2 aromatic rings. The monoisotopic (exact) mass is 270 g/mol. The minimum absolute atomic E-state index is 0.687. The lowest BCUT2D eigenvalue weighted by atomic mass is 10.3. The third-order valence-corrected chi connectivity index (χ3v) is 3.76. The van der Waals surface area contributed by atoms with E-state index in [1.54, 1.807) is 0 Å². The lowest BCUT2D eigenvalue weighted by Crippen LogP contribution is -2.21. The van der Waals surface area contributed by atoms with Crippen LogP contribution in [0.2, 0.25) is 0 Å². The highest BCUT2D eigenvalue weighted by atomic mass is 15.2. The van der Waals surface area contributed by atoms with Gasteiger partial charge in [0.25, 0.3) is 0 Å². The summed E-state index contributed by atoms with van der Waals surface area (Å²) in [5.74, 6) is 1.02. The Morgan fingerprint density at radius 2 is 2.10 bits per heavy atom. The van der Waals surface area contributed by atoms with Gasteiger partial charge >= 0.3 is 0 Å². The predicted octanol–water partition coefficient (Wildman–Crippen LogP) is 3.16. The molecule has 106 valence electrons. The van der Waals surface area contributed by atoms with E-state index in [0.29, 0.717) is 6.04 Å². The maximum atomic E-state index is 4.39. The highest BCUT2D eigenvalue weighted by Gasteiger charge is 2.25. The summed E-state index contributed by atoms with van der Waals surface area (Å²) in [6.45, 7) is 2.00. The largest absolute Gasteiger partial charge is 0.375 e. The number of hydrogen-bond donors (Lipinski definition) is 1. The Balaban J connectivity index is 1.43. The fraction of sp³-hybridized carbons (Fsp3) is 0.438. The van der Waals surface area contributed by atoms with Gasteiger partial charge in [-0.1, -0.05) is 18.2 Å². The summed E-state index contributed by atoms with van der Waals surface area (Å²) < 4.78 is 2.26. The normalized spacial score (nSPS) is 14.2. The van der Waals surface area contributed by atoms with E-state index in [1.807, 2.05) is 6.20 Å². The molecule has 20 heavy (non-hydrogen) atoms. The number of anilines is 2. The zero-order valence-corrected chi connectivity index (χ0v) is 12.0. The first-order valence-electron chi connectivity index (χ1n) is 7.37. The van der Waals surface area contributed by atoms with Crippen LogP contribution in [-0.4, -0.2) is 29.7 Å². The lowest BCUT2D eigenvalue weighted by Gasteiger charge is -2.19. The van der Waals surface area contributed by atoms with Crippen molar-refractivity contribution in [2.75, 3.05) is 30.4 Å². The molecule has 1 aliphatic rings. The number of hydrogen-bond acceptors (Lipinski definition) is 3. The zero-order valence-electron chi connectivity index (χ0n) is 12.0. The number of rotatable bonds is 7. The molecule has 4 nitrogen and oxygen atoms in total. The SMILES string of the molecule is CN(CCCNc1nccn1C1CC1)c1ccccc1. The van der Waals surface area contributed by atoms with Gasteiger partial charge in [-0.2, -0.15) is 0 Å². The van der Waals surface area contributed by atoms with E-state index in [4.69, 9.17) is 0 Å². The highest BCUT2D eigenvalue weighted by Crippen LogP contribution is 2.36. The quantitative estimate of drug-likeness (QED) is 0.785. The molecule has 0 unspecified atom stereocenters. The van der Waals surface area contributed by atoms with E-state index in [0.717, 1.165) is 25.5 Å². The van der Waals surface area contributed by atoms with Gasteiger partial charge in [0.15, 0.2) is 0 Å². The van der Waals surface area contributed by atoms with Crippen molar-refractivity contribution in [2.45, 2.75) is 25.3 Å². The summed E-state index contributed by atoms with van der Waals surface area (Å²) >= 11 is 0. The van der Waals surface area contributed by atoms with Gasteiger partial charge in [0, 0.05) is 44.3 Å². The molecule has 1 heterocycles. The van der Waals surface area contributed by atoms with Gasteiger partial charge in [0.1, 0.15) is 0 Å². The van der Waals surface area contributed by atoms with E-state index >= 15 is 0 Å². The van der Waals surface area contributed by atoms with Gasteiger partial charge in [0.05, 0.1) is 0 Å². The van der Waals surface area contributed by atoms with E-state index < -0.39 is 0 Å². The van der Waals surface area contributed by atoms with Crippen molar-refractivity contribution >= 4 is 11.6 Å². The topological polar surface area (TPSA) is 33.1 Å². The average molecular weight is 270 g/mol. The van der Waals surface area contributed by atoms with E-state index in [1.165, 1.54) is 18.5 Å². The van der Waals surface area contributed by atoms with Crippen LogP contribution in [0.1, 0.15) is 25.3 Å². The van der Waals surface area contributed by atoms with Gasteiger partial charge in [-0.15, -0.1) is 0 Å². The van der Waals surface area contributed by atoms with Crippen LogP contribution < -0.4 is 10.2 Å². The molecule has 1 saturated carbocycles. The van der Waals surface area contributed by atoms with Crippen LogP contribution in [0.3, 0.4) is 0 Å². The third kappa shape index (κ3) is 3.13. The minimum atomic E-state index is 0.687. The molecule has 0 amide bonds. The molecule has 1 fully saturated rings. The molecule has 0 bridgehead atoms. The summed E-state index contributed by atoms with van der Waals surface area (Å²) in [6.07, 6.45) is 7.65. The zero-order chi connectivity index (χ0) is 13.8. The third-order valence-electron chi connectivity index (χ3n) is 3.76. The summed E-state index contributed by atoms with van der Waals surface area (Å²) in [5.41, 5.74) is 1.27. The van der Waals surface area contributed by atoms with Crippen molar-refractivity contribution in [3.63, 3.8) is 0 Å². The van der Waals surface area contributed by atoms with Crippen LogP contribution in [0.15, 0.2) is 42.7 Å².